The van der Waals surface area contributed by atoms with Gasteiger partial charge in [0, 0.05) is 30.6 Å². The van der Waals surface area contributed by atoms with Gasteiger partial charge in [-0.3, -0.25) is 14.9 Å². The van der Waals surface area contributed by atoms with Crippen molar-refractivity contribution in [2.24, 2.45) is 7.05 Å². The third-order valence-electron chi connectivity index (χ3n) is 6.31. The van der Waals surface area contributed by atoms with Crippen LogP contribution in [0, 0.1) is 0 Å². The molecule has 4 rings (SSSR count). The minimum atomic E-state index is 0.0969. The molecule has 4 heterocycles. The Bertz CT molecular complexity index is 771. The molecule has 0 saturated carbocycles. The molecule has 0 unspecified atom stereocenters. The third-order valence-corrected chi connectivity index (χ3v) is 6.31. The van der Waals surface area contributed by atoms with Crippen LogP contribution < -0.4 is 0 Å². The molecule has 2 aromatic heterocycles. The van der Waals surface area contributed by atoms with Crippen molar-refractivity contribution in [3.8, 4) is 0 Å². The monoisotopic (exact) mass is 385 g/mol. The second kappa shape index (κ2) is 7.95. The van der Waals surface area contributed by atoms with Crippen LogP contribution in [0.3, 0.4) is 0 Å². The van der Waals surface area contributed by atoms with Crippen LogP contribution in [0.15, 0.2) is 6.07 Å². The van der Waals surface area contributed by atoms with Gasteiger partial charge in [-0.15, -0.1) is 10.2 Å². The summed E-state index contributed by atoms with van der Waals surface area (Å²) in [6.45, 7) is 13.1. The maximum absolute atomic E-state index is 4.57. The minimum Gasteiger partial charge on any atom is -0.317 e. The summed E-state index contributed by atoms with van der Waals surface area (Å²) in [4.78, 5) is 5.02. The normalized spacial score (nSPS) is 20.3. The van der Waals surface area contributed by atoms with Gasteiger partial charge in [0.25, 0.3) is 0 Å². The summed E-state index contributed by atoms with van der Waals surface area (Å²) in [5.74, 6) is 2.81. The van der Waals surface area contributed by atoms with E-state index in [-0.39, 0.29) is 5.41 Å². The van der Waals surface area contributed by atoms with Crippen molar-refractivity contribution >= 4 is 0 Å². The van der Waals surface area contributed by atoms with Gasteiger partial charge in [0.05, 0.1) is 12.2 Å². The predicted octanol–water partition coefficient (Wildman–Crippen LogP) is 2.81. The highest BCUT2D eigenvalue weighted by Crippen LogP contribution is 2.28. The quantitative estimate of drug-likeness (QED) is 0.857. The second-order valence-electron chi connectivity index (χ2n) is 9.60. The van der Waals surface area contributed by atoms with Crippen LogP contribution in [0.5, 0.6) is 0 Å². The fourth-order valence-corrected chi connectivity index (χ4v) is 4.43. The third kappa shape index (κ3) is 4.30. The molecule has 7 nitrogen and oxygen atoms in total. The van der Waals surface area contributed by atoms with E-state index in [1.54, 1.807) is 0 Å². The average Bonchev–Trinajstić information content (AvgIpc) is 3.39. The number of nitrogens with zero attached hydrogens (tertiary/aromatic N) is 6. The van der Waals surface area contributed by atoms with E-state index in [4.69, 9.17) is 0 Å². The highest BCUT2D eigenvalue weighted by atomic mass is 15.3. The Hall–Kier alpha value is -1.73. The van der Waals surface area contributed by atoms with Gasteiger partial charge in [0.2, 0.25) is 0 Å². The number of hydrogen-bond acceptors (Lipinski definition) is 5. The SMILES string of the molecule is Cn1c(CN2CCCC2)nnc1C1CCN(Cc2cc(C(C)(C)C)n[nH]2)CC1. The number of rotatable bonds is 5. The van der Waals surface area contributed by atoms with Crippen molar-refractivity contribution in [1.82, 2.24) is 34.8 Å². The lowest BCUT2D eigenvalue weighted by atomic mass is 9.92. The van der Waals surface area contributed by atoms with Crippen LogP contribution in [0.2, 0.25) is 0 Å². The predicted molar refractivity (Wildman–Crippen MR) is 110 cm³/mol. The fourth-order valence-electron chi connectivity index (χ4n) is 4.43. The molecule has 2 aliphatic rings. The molecule has 1 N–H and O–H groups in total. The summed E-state index contributed by atoms with van der Waals surface area (Å²) in [5.41, 5.74) is 2.46. The van der Waals surface area contributed by atoms with E-state index in [9.17, 15) is 0 Å². The highest BCUT2D eigenvalue weighted by molar-refractivity contribution is 5.16. The first-order valence-electron chi connectivity index (χ1n) is 10.8. The zero-order valence-electron chi connectivity index (χ0n) is 17.9. The molecule has 2 aromatic rings. The minimum absolute atomic E-state index is 0.0969. The van der Waals surface area contributed by atoms with E-state index in [0.29, 0.717) is 5.92 Å². The first kappa shape index (κ1) is 19.6. The van der Waals surface area contributed by atoms with Crippen molar-refractivity contribution in [2.45, 2.75) is 70.9 Å². The Morgan fingerprint density at radius 3 is 2.32 bits per heavy atom. The fraction of sp³-hybridized carbons (Fsp3) is 0.762. The molecule has 154 valence electrons. The first-order valence-corrected chi connectivity index (χ1v) is 10.8. The molecule has 0 bridgehead atoms. The van der Waals surface area contributed by atoms with E-state index >= 15 is 0 Å². The van der Waals surface area contributed by atoms with E-state index in [0.717, 1.165) is 50.5 Å². The van der Waals surface area contributed by atoms with E-state index in [1.807, 2.05) is 0 Å². The van der Waals surface area contributed by atoms with Crippen molar-refractivity contribution in [1.29, 1.82) is 0 Å². The Morgan fingerprint density at radius 2 is 1.68 bits per heavy atom. The van der Waals surface area contributed by atoms with Crippen LogP contribution in [0.4, 0.5) is 0 Å². The van der Waals surface area contributed by atoms with Crippen molar-refractivity contribution in [3.63, 3.8) is 0 Å². The van der Waals surface area contributed by atoms with Crippen LogP contribution in [0.25, 0.3) is 0 Å². The molecule has 28 heavy (non-hydrogen) atoms. The standard InChI is InChI=1S/C21H35N7/c1-21(2,3)18-13-17(22-23-18)14-28-11-7-16(8-12-28)20-25-24-19(26(20)4)15-27-9-5-6-10-27/h13,16H,5-12,14-15H2,1-4H3,(H,22,23). The highest BCUT2D eigenvalue weighted by Gasteiger charge is 2.26. The Kier molecular flexibility index (Phi) is 5.56. The van der Waals surface area contributed by atoms with Gasteiger partial charge >= 0.3 is 0 Å². The molecular formula is C21H35N7. The Morgan fingerprint density at radius 1 is 1.00 bits per heavy atom. The summed E-state index contributed by atoms with van der Waals surface area (Å²) < 4.78 is 2.25. The molecule has 2 fully saturated rings. The molecule has 0 atom stereocenters. The van der Waals surface area contributed by atoms with Crippen molar-refractivity contribution in [2.75, 3.05) is 26.2 Å². The number of aromatic amines is 1. The number of piperidine rings is 1. The lowest BCUT2D eigenvalue weighted by molar-refractivity contribution is 0.198. The summed E-state index contributed by atoms with van der Waals surface area (Å²) in [6, 6.07) is 2.22. The molecule has 0 amide bonds. The number of hydrogen-bond donors (Lipinski definition) is 1. The lowest BCUT2D eigenvalue weighted by Crippen LogP contribution is -2.33. The van der Waals surface area contributed by atoms with Gasteiger partial charge < -0.3 is 4.57 Å². The summed E-state index contributed by atoms with van der Waals surface area (Å²) in [6.07, 6.45) is 4.93. The molecule has 2 saturated heterocycles. The topological polar surface area (TPSA) is 65.9 Å². The Labute approximate surface area is 168 Å². The van der Waals surface area contributed by atoms with Gasteiger partial charge in [-0.2, -0.15) is 5.10 Å². The molecule has 0 radical (unpaired) electrons. The second-order valence-corrected chi connectivity index (χ2v) is 9.60. The Balaban J connectivity index is 1.31. The first-order chi connectivity index (χ1) is 13.4. The van der Waals surface area contributed by atoms with Crippen molar-refractivity contribution in [3.05, 3.63) is 29.1 Å². The number of H-pyrrole nitrogens is 1. The molecule has 2 aliphatic heterocycles. The van der Waals surface area contributed by atoms with Gasteiger partial charge in [-0.25, -0.2) is 0 Å². The van der Waals surface area contributed by atoms with Crippen LogP contribution in [-0.2, 0) is 25.6 Å². The lowest BCUT2D eigenvalue weighted by Gasteiger charge is -2.31. The summed E-state index contributed by atoms with van der Waals surface area (Å²) in [5, 5.41) is 16.8. The number of aromatic nitrogens is 5. The van der Waals surface area contributed by atoms with Crippen molar-refractivity contribution < 1.29 is 0 Å². The van der Waals surface area contributed by atoms with Crippen LogP contribution in [-0.4, -0.2) is 60.9 Å². The summed E-state index contributed by atoms with van der Waals surface area (Å²) in [7, 11) is 2.14. The molecular weight excluding hydrogens is 350 g/mol. The maximum Gasteiger partial charge on any atom is 0.146 e. The van der Waals surface area contributed by atoms with Crippen LogP contribution in [0.1, 0.15) is 75.4 Å². The largest absolute Gasteiger partial charge is 0.317 e. The smallest absolute Gasteiger partial charge is 0.146 e. The summed E-state index contributed by atoms with van der Waals surface area (Å²) >= 11 is 0. The molecule has 7 heteroatoms. The van der Waals surface area contributed by atoms with E-state index in [1.165, 1.54) is 37.4 Å². The number of nitrogens with one attached hydrogen (secondary N) is 1. The van der Waals surface area contributed by atoms with Gasteiger partial charge in [0.15, 0.2) is 0 Å². The molecule has 0 spiro atoms. The van der Waals surface area contributed by atoms with E-state index in [2.05, 4.69) is 68.6 Å². The van der Waals surface area contributed by atoms with Gasteiger partial charge in [0.1, 0.15) is 11.6 Å². The average molecular weight is 386 g/mol. The zero-order valence-corrected chi connectivity index (χ0v) is 17.9. The van der Waals surface area contributed by atoms with Gasteiger partial charge in [-0.05, 0) is 57.9 Å². The maximum atomic E-state index is 4.57. The molecule has 0 aliphatic carbocycles. The number of likely N-dealkylation sites (tertiary alicyclic amines) is 2. The van der Waals surface area contributed by atoms with Crippen LogP contribution >= 0.6 is 0 Å². The van der Waals surface area contributed by atoms with E-state index < -0.39 is 0 Å². The molecule has 0 aromatic carbocycles. The zero-order chi connectivity index (χ0) is 19.7. The van der Waals surface area contributed by atoms with Gasteiger partial charge in [-0.1, -0.05) is 20.8 Å².